The molecule has 0 radical (unpaired) electrons. The number of ether oxygens (including phenoxy) is 4. The molecule has 0 atom stereocenters. The molecule has 10 nitrogen and oxygen atoms in total. The number of alkyl carbamates (subject to hydrolysis) is 1. The molecule has 1 aromatic carbocycles. The van der Waals surface area contributed by atoms with Gasteiger partial charge >= 0.3 is 12.1 Å². The lowest BCUT2D eigenvalue weighted by Crippen LogP contribution is -2.34. The third-order valence-electron chi connectivity index (χ3n) is 3.80. The Morgan fingerprint density at radius 3 is 2.52 bits per heavy atom. The molecule has 0 bridgehead atoms. The maximum absolute atomic E-state index is 12.1. The summed E-state index contributed by atoms with van der Waals surface area (Å²) in [5.74, 6) is -0.197. The number of imide groups is 1. The normalized spacial score (nSPS) is 10.2. The van der Waals surface area contributed by atoms with Crippen LogP contribution in [0.2, 0.25) is 0 Å². The molecule has 0 spiro atoms. The van der Waals surface area contributed by atoms with Gasteiger partial charge in [0.1, 0.15) is 12.4 Å². The van der Waals surface area contributed by atoms with Crippen LogP contribution >= 0.6 is 0 Å². The minimum atomic E-state index is -0.907. The van der Waals surface area contributed by atoms with E-state index >= 15 is 0 Å². The molecule has 0 saturated carbocycles. The van der Waals surface area contributed by atoms with Gasteiger partial charge in [-0.3, -0.25) is 10.1 Å². The molecule has 1 aromatic heterocycles. The zero-order valence-corrected chi connectivity index (χ0v) is 16.6. The summed E-state index contributed by atoms with van der Waals surface area (Å²) in [4.78, 5) is 34.8. The van der Waals surface area contributed by atoms with Crippen molar-refractivity contribution in [3.05, 3.63) is 40.8 Å². The van der Waals surface area contributed by atoms with E-state index in [1.54, 1.807) is 19.9 Å². The van der Waals surface area contributed by atoms with Crippen LogP contribution < -0.4 is 14.8 Å². The average molecular weight is 406 g/mol. The predicted octanol–water partition coefficient (Wildman–Crippen LogP) is 2.31. The molecule has 0 aliphatic carbocycles. The summed E-state index contributed by atoms with van der Waals surface area (Å²) in [6.07, 6.45) is -0.907. The van der Waals surface area contributed by atoms with Crippen LogP contribution in [0.3, 0.4) is 0 Å². The second-order valence-corrected chi connectivity index (χ2v) is 5.80. The number of rotatable bonds is 8. The molecule has 2 aromatic rings. The monoisotopic (exact) mass is 406 g/mol. The van der Waals surface area contributed by atoms with Crippen LogP contribution in [-0.4, -0.2) is 43.4 Å². The number of nitrogens with zero attached hydrogens (tertiary/aromatic N) is 1. The fourth-order valence-corrected chi connectivity index (χ4v) is 2.30. The van der Waals surface area contributed by atoms with Gasteiger partial charge < -0.3 is 23.5 Å². The first-order valence-electron chi connectivity index (χ1n) is 8.72. The summed E-state index contributed by atoms with van der Waals surface area (Å²) >= 11 is 0. The van der Waals surface area contributed by atoms with E-state index in [4.69, 9.17) is 18.7 Å². The lowest BCUT2D eigenvalue weighted by atomic mass is 10.2. The van der Waals surface area contributed by atoms with E-state index in [0.29, 0.717) is 17.3 Å². The highest BCUT2D eigenvalue weighted by Crippen LogP contribution is 2.29. The number of carbonyl (C=O) groups is 3. The van der Waals surface area contributed by atoms with Gasteiger partial charge in [0.05, 0.1) is 30.5 Å². The predicted molar refractivity (Wildman–Crippen MR) is 98.8 cm³/mol. The molecule has 29 heavy (non-hydrogen) atoms. The fraction of sp³-hybridized carbons (Fsp3) is 0.368. The molecule has 0 aliphatic rings. The van der Waals surface area contributed by atoms with E-state index < -0.39 is 24.6 Å². The highest BCUT2D eigenvalue weighted by molar-refractivity contribution is 5.95. The van der Waals surface area contributed by atoms with Crippen molar-refractivity contribution in [2.24, 2.45) is 0 Å². The van der Waals surface area contributed by atoms with Crippen LogP contribution in [0.5, 0.6) is 11.5 Å². The molecular weight excluding hydrogens is 384 g/mol. The molecule has 1 heterocycles. The second-order valence-electron chi connectivity index (χ2n) is 5.80. The zero-order valence-electron chi connectivity index (χ0n) is 16.6. The molecule has 0 fully saturated rings. The third kappa shape index (κ3) is 5.96. The number of amides is 2. The first kappa shape index (κ1) is 21.7. The number of methoxy groups -OCH3 is 1. The minimum Gasteiger partial charge on any atom is -0.493 e. The smallest absolute Gasteiger partial charge is 0.413 e. The van der Waals surface area contributed by atoms with Crippen LogP contribution in [0.4, 0.5) is 4.79 Å². The van der Waals surface area contributed by atoms with Crippen molar-refractivity contribution in [2.75, 3.05) is 20.3 Å². The number of hydrogen-bond acceptors (Lipinski definition) is 9. The van der Waals surface area contributed by atoms with Gasteiger partial charge in [0.15, 0.2) is 18.1 Å². The first-order valence-corrected chi connectivity index (χ1v) is 8.72. The Kier molecular flexibility index (Phi) is 7.58. The maximum Gasteiger partial charge on any atom is 0.413 e. The Bertz CT molecular complexity index is 871. The summed E-state index contributed by atoms with van der Waals surface area (Å²) < 4.78 is 25.5. The van der Waals surface area contributed by atoms with Crippen molar-refractivity contribution in [3.63, 3.8) is 0 Å². The Labute approximate surface area is 167 Å². The van der Waals surface area contributed by atoms with Gasteiger partial charge in [0, 0.05) is 0 Å². The Hall–Kier alpha value is -3.56. The lowest BCUT2D eigenvalue weighted by molar-refractivity contribution is -0.123. The van der Waals surface area contributed by atoms with Gasteiger partial charge in [-0.2, -0.15) is 0 Å². The SMILES string of the molecule is CCOC(=O)NC(=O)COC(=O)c1ccc(OCc2c(C)noc2C)c(OC)c1. The van der Waals surface area contributed by atoms with E-state index in [1.807, 2.05) is 12.2 Å². The standard InChI is InChI=1S/C19H22N2O8/c1-5-26-19(24)20-17(22)10-28-18(23)13-6-7-15(16(8-13)25-4)27-9-14-11(2)21-29-12(14)3/h6-8H,5,9-10H2,1-4H3,(H,20,22,24). The van der Waals surface area contributed by atoms with Crippen LogP contribution in [0.1, 0.15) is 34.3 Å². The van der Waals surface area contributed by atoms with Crippen LogP contribution in [-0.2, 0) is 20.9 Å². The first-order chi connectivity index (χ1) is 13.8. The number of hydrogen-bond donors (Lipinski definition) is 1. The van der Waals surface area contributed by atoms with E-state index in [2.05, 4.69) is 9.89 Å². The fourth-order valence-electron chi connectivity index (χ4n) is 2.30. The van der Waals surface area contributed by atoms with Gasteiger partial charge in [0.2, 0.25) is 0 Å². The van der Waals surface area contributed by atoms with Crippen LogP contribution in [0.15, 0.2) is 22.7 Å². The van der Waals surface area contributed by atoms with Gasteiger partial charge in [-0.15, -0.1) is 0 Å². The number of nitrogens with one attached hydrogen (secondary N) is 1. The van der Waals surface area contributed by atoms with Crippen molar-refractivity contribution in [1.82, 2.24) is 10.5 Å². The molecule has 2 rings (SSSR count). The van der Waals surface area contributed by atoms with E-state index in [1.165, 1.54) is 19.2 Å². The van der Waals surface area contributed by atoms with E-state index in [-0.39, 0.29) is 18.8 Å². The van der Waals surface area contributed by atoms with Crippen molar-refractivity contribution in [1.29, 1.82) is 0 Å². The zero-order chi connectivity index (χ0) is 21.4. The molecule has 0 unspecified atom stereocenters. The second kappa shape index (κ2) is 10.1. The van der Waals surface area contributed by atoms with E-state index in [9.17, 15) is 14.4 Å². The Balaban J connectivity index is 1.97. The average Bonchev–Trinajstić information content (AvgIpc) is 3.02. The number of aromatic nitrogens is 1. The summed E-state index contributed by atoms with van der Waals surface area (Å²) in [6, 6.07) is 4.44. The summed E-state index contributed by atoms with van der Waals surface area (Å²) in [7, 11) is 1.43. The van der Waals surface area contributed by atoms with Crippen LogP contribution in [0, 0.1) is 13.8 Å². The topological polar surface area (TPSA) is 126 Å². The molecular formula is C19H22N2O8. The van der Waals surface area contributed by atoms with Gasteiger partial charge in [-0.25, -0.2) is 9.59 Å². The molecule has 0 aliphatic heterocycles. The van der Waals surface area contributed by atoms with Gasteiger partial charge in [-0.1, -0.05) is 5.16 Å². The van der Waals surface area contributed by atoms with E-state index in [0.717, 1.165) is 11.3 Å². The molecule has 1 N–H and O–H groups in total. The number of esters is 1. The van der Waals surface area contributed by atoms with Crippen molar-refractivity contribution in [3.8, 4) is 11.5 Å². The summed E-state index contributed by atoms with van der Waals surface area (Å²) in [5, 5.41) is 5.79. The molecule has 10 heteroatoms. The molecule has 156 valence electrons. The maximum atomic E-state index is 12.1. The lowest BCUT2D eigenvalue weighted by Gasteiger charge is -2.12. The molecule has 0 saturated heterocycles. The quantitative estimate of drug-likeness (QED) is 0.657. The third-order valence-corrected chi connectivity index (χ3v) is 3.80. The van der Waals surface area contributed by atoms with Gasteiger partial charge in [-0.05, 0) is 39.0 Å². The summed E-state index contributed by atoms with van der Waals surface area (Å²) in [5.41, 5.74) is 1.70. The summed E-state index contributed by atoms with van der Waals surface area (Å²) in [6.45, 7) is 4.89. The molecule has 2 amide bonds. The van der Waals surface area contributed by atoms with Crippen molar-refractivity contribution in [2.45, 2.75) is 27.4 Å². The number of carbonyl (C=O) groups excluding carboxylic acids is 3. The Morgan fingerprint density at radius 1 is 1.14 bits per heavy atom. The van der Waals surface area contributed by atoms with Crippen molar-refractivity contribution >= 4 is 18.0 Å². The number of aryl methyl sites for hydroxylation is 2. The Morgan fingerprint density at radius 2 is 1.90 bits per heavy atom. The highest BCUT2D eigenvalue weighted by Gasteiger charge is 2.16. The van der Waals surface area contributed by atoms with Crippen LogP contribution in [0.25, 0.3) is 0 Å². The van der Waals surface area contributed by atoms with Crippen molar-refractivity contribution < 1.29 is 37.9 Å². The van der Waals surface area contributed by atoms with Gasteiger partial charge in [0.25, 0.3) is 5.91 Å². The number of benzene rings is 1. The minimum absolute atomic E-state index is 0.114. The largest absolute Gasteiger partial charge is 0.493 e. The highest BCUT2D eigenvalue weighted by atomic mass is 16.6.